The number of carbonyl (C=O) groups excluding carboxylic acids is 1. The first-order chi connectivity index (χ1) is 9.13. The maximum atomic E-state index is 12.2. The third-order valence-electron chi connectivity index (χ3n) is 3.40. The van der Waals surface area contributed by atoms with Crippen LogP contribution in [0.25, 0.3) is 0 Å². The van der Waals surface area contributed by atoms with Crippen molar-refractivity contribution < 1.29 is 9.90 Å². The van der Waals surface area contributed by atoms with Crippen LogP contribution in [-0.4, -0.2) is 23.2 Å². The minimum Gasteiger partial charge on any atom is -0.395 e. The molecule has 1 fully saturated rings. The van der Waals surface area contributed by atoms with Crippen LogP contribution in [0.4, 0.5) is 0 Å². The summed E-state index contributed by atoms with van der Waals surface area (Å²) in [4.78, 5) is 13.7. The molecule has 1 amide bonds. The molecule has 4 heteroatoms. The molecule has 1 saturated carbocycles. The first-order valence-electron chi connectivity index (χ1n) is 6.65. The molecular formula is C15H19NO2S. The molecular weight excluding hydrogens is 258 g/mol. The summed E-state index contributed by atoms with van der Waals surface area (Å²) in [7, 11) is 0. The molecule has 19 heavy (non-hydrogen) atoms. The lowest BCUT2D eigenvalue weighted by molar-refractivity contribution is 0.0912. The Morgan fingerprint density at radius 2 is 2.21 bits per heavy atom. The first kappa shape index (κ1) is 14.1. The minimum absolute atomic E-state index is 0.00427. The molecule has 1 aromatic rings. The monoisotopic (exact) mass is 277 g/mol. The predicted molar refractivity (Wildman–Crippen MR) is 77.2 cm³/mol. The molecule has 0 aliphatic heterocycles. The summed E-state index contributed by atoms with van der Waals surface area (Å²) >= 11 is 1.41. The Kier molecular flexibility index (Phi) is 4.62. The molecule has 2 rings (SSSR count). The molecule has 102 valence electrons. The van der Waals surface area contributed by atoms with E-state index in [1.807, 2.05) is 12.1 Å². The van der Waals surface area contributed by atoms with Crippen molar-refractivity contribution in [2.24, 2.45) is 0 Å². The molecule has 1 aromatic heterocycles. The van der Waals surface area contributed by atoms with Crippen molar-refractivity contribution in [3.8, 4) is 11.8 Å². The fraction of sp³-hybridized carbons (Fsp3) is 0.533. The summed E-state index contributed by atoms with van der Waals surface area (Å²) in [6.07, 6.45) is 4.98. The van der Waals surface area contributed by atoms with Gasteiger partial charge in [-0.3, -0.25) is 4.79 Å². The second-order valence-electron chi connectivity index (χ2n) is 5.16. The van der Waals surface area contributed by atoms with Crippen molar-refractivity contribution in [2.75, 3.05) is 6.61 Å². The number of aliphatic hydroxyl groups is 1. The number of rotatable bonds is 3. The van der Waals surface area contributed by atoms with Gasteiger partial charge >= 0.3 is 0 Å². The van der Waals surface area contributed by atoms with Gasteiger partial charge in [0.2, 0.25) is 0 Å². The molecule has 0 spiro atoms. The van der Waals surface area contributed by atoms with Gasteiger partial charge in [-0.1, -0.05) is 24.7 Å². The van der Waals surface area contributed by atoms with Crippen LogP contribution in [0.1, 0.15) is 53.6 Å². The topological polar surface area (TPSA) is 49.3 Å². The molecule has 0 unspecified atom stereocenters. The van der Waals surface area contributed by atoms with Crippen LogP contribution in [0.3, 0.4) is 0 Å². The SMILES string of the molecule is CC1(NC(=O)c2ccc(C#CCCO)s2)CCCC1. The molecule has 0 aromatic carbocycles. The second-order valence-corrected chi connectivity index (χ2v) is 6.24. The van der Waals surface area contributed by atoms with Gasteiger partial charge in [0.15, 0.2) is 0 Å². The Bertz CT molecular complexity index is 504. The van der Waals surface area contributed by atoms with Gasteiger partial charge in [0.25, 0.3) is 5.91 Å². The van der Waals surface area contributed by atoms with E-state index in [1.54, 1.807) is 0 Å². The van der Waals surface area contributed by atoms with Crippen LogP contribution in [0.5, 0.6) is 0 Å². The van der Waals surface area contributed by atoms with Crippen LogP contribution in [0.15, 0.2) is 12.1 Å². The Morgan fingerprint density at radius 1 is 1.47 bits per heavy atom. The van der Waals surface area contributed by atoms with Gasteiger partial charge in [0, 0.05) is 12.0 Å². The largest absolute Gasteiger partial charge is 0.395 e. The van der Waals surface area contributed by atoms with Gasteiger partial charge in [-0.05, 0) is 31.9 Å². The number of thiophene rings is 1. The van der Waals surface area contributed by atoms with Crippen molar-refractivity contribution in [3.05, 3.63) is 21.9 Å². The predicted octanol–water partition coefficient (Wildman–Crippen LogP) is 2.54. The Balaban J connectivity index is 1.98. The minimum atomic E-state index is -0.0379. The number of hydrogen-bond acceptors (Lipinski definition) is 3. The van der Waals surface area contributed by atoms with E-state index >= 15 is 0 Å². The van der Waals surface area contributed by atoms with Crippen molar-refractivity contribution in [3.63, 3.8) is 0 Å². The summed E-state index contributed by atoms with van der Waals surface area (Å²) < 4.78 is 0. The zero-order valence-corrected chi connectivity index (χ0v) is 12.0. The van der Waals surface area contributed by atoms with Crippen LogP contribution in [-0.2, 0) is 0 Å². The Hall–Kier alpha value is -1.31. The highest BCUT2D eigenvalue weighted by Crippen LogP contribution is 2.29. The van der Waals surface area contributed by atoms with Crippen molar-refractivity contribution in [1.82, 2.24) is 5.32 Å². The molecule has 0 radical (unpaired) electrons. The number of hydrogen-bond donors (Lipinski definition) is 2. The number of carbonyl (C=O) groups is 1. The quantitative estimate of drug-likeness (QED) is 0.834. The van der Waals surface area contributed by atoms with Crippen LogP contribution in [0.2, 0.25) is 0 Å². The van der Waals surface area contributed by atoms with Crippen LogP contribution in [0, 0.1) is 11.8 Å². The Morgan fingerprint density at radius 3 is 2.89 bits per heavy atom. The lowest BCUT2D eigenvalue weighted by atomic mass is 10.0. The van der Waals surface area contributed by atoms with Gasteiger partial charge in [-0.2, -0.15) is 0 Å². The van der Waals surface area contributed by atoms with Gasteiger partial charge in [-0.25, -0.2) is 0 Å². The standard InChI is InChI=1S/C15H19NO2S/c1-15(9-3-4-10-15)16-14(18)13-8-7-12(19-13)6-2-5-11-17/h7-8,17H,3-5,9-11H2,1H3,(H,16,18). The number of nitrogens with one attached hydrogen (secondary N) is 1. The van der Waals surface area contributed by atoms with E-state index < -0.39 is 0 Å². The fourth-order valence-corrected chi connectivity index (χ4v) is 3.12. The zero-order valence-electron chi connectivity index (χ0n) is 11.2. The van der Waals surface area contributed by atoms with Crippen molar-refractivity contribution >= 4 is 17.2 Å². The fourth-order valence-electron chi connectivity index (χ4n) is 2.35. The number of aliphatic hydroxyl groups excluding tert-OH is 1. The van der Waals surface area contributed by atoms with E-state index in [0.29, 0.717) is 11.3 Å². The van der Waals surface area contributed by atoms with E-state index in [0.717, 1.165) is 17.7 Å². The van der Waals surface area contributed by atoms with E-state index in [-0.39, 0.29) is 18.1 Å². The van der Waals surface area contributed by atoms with E-state index in [1.165, 1.54) is 24.2 Å². The second kappa shape index (κ2) is 6.23. The summed E-state index contributed by atoms with van der Waals surface area (Å²) in [5.41, 5.74) is -0.0379. The van der Waals surface area contributed by atoms with Gasteiger partial charge in [-0.15, -0.1) is 11.3 Å². The molecule has 0 bridgehead atoms. The molecule has 1 aliphatic carbocycles. The summed E-state index contributed by atoms with van der Waals surface area (Å²) in [6.45, 7) is 2.19. The molecule has 3 nitrogen and oxygen atoms in total. The molecule has 1 heterocycles. The zero-order chi connectivity index (χ0) is 13.7. The van der Waals surface area contributed by atoms with E-state index in [4.69, 9.17) is 5.11 Å². The highest BCUT2D eigenvalue weighted by molar-refractivity contribution is 7.14. The number of amides is 1. The molecule has 2 N–H and O–H groups in total. The molecule has 1 aliphatic rings. The highest BCUT2D eigenvalue weighted by Gasteiger charge is 2.30. The van der Waals surface area contributed by atoms with Gasteiger partial charge < -0.3 is 10.4 Å². The summed E-state index contributed by atoms with van der Waals surface area (Å²) in [6, 6.07) is 3.68. The van der Waals surface area contributed by atoms with Crippen molar-refractivity contribution in [1.29, 1.82) is 0 Å². The van der Waals surface area contributed by atoms with Gasteiger partial charge in [0.1, 0.15) is 0 Å². The van der Waals surface area contributed by atoms with Crippen LogP contribution >= 0.6 is 11.3 Å². The summed E-state index contributed by atoms with van der Waals surface area (Å²) in [5.74, 6) is 5.82. The Labute approximate surface area is 118 Å². The third-order valence-corrected chi connectivity index (χ3v) is 4.40. The van der Waals surface area contributed by atoms with E-state index in [9.17, 15) is 4.79 Å². The maximum Gasteiger partial charge on any atom is 0.261 e. The maximum absolute atomic E-state index is 12.2. The van der Waals surface area contributed by atoms with Crippen LogP contribution < -0.4 is 5.32 Å². The average Bonchev–Trinajstić information content (AvgIpc) is 2.99. The normalized spacial score (nSPS) is 16.7. The molecule has 0 atom stereocenters. The highest BCUT2D eigenvalue weighted by atomic mass is 32.1. The molecule has 0 saturated heterocycles. The smallest absolute Gasteiger partial charge is 0.261 e. The van der Waals surface area contributed by atoms with Gasteiger partial charge in [0.05, 0.1) is 16.4 Å². The first-order valence-corrected chi connectivity index (χ1v) is 7.47. The lowest BCUT2D eigenvalue weighted by Gasteiger charge is -2.24. The average molecular weight is 277 g/mol. The third kappa shape index (κ3) is 3.82. The van der Waals surface area contributed by atoms with E-state index in [2.05, 4.69) is 24.1 Å². The lowest BCUT2D eigenvalue weighted by Crippen LogP contribution is -2.43. The van der Waals surface area contributed by atoms with Crippen molar-refractivity contribution in [2.45, 2.75) is 44.6 Å². The summed E-state index contributed by atoms with van der Waals surface area (Å²) in [5, 5.41) is 11.8.